The number of carbonyl (C=O) groups excluding carboxylic acids is 1. The van der Waals surface area contributed by atoms with Crippen molar-refractivity contribution in [2.45, 2.75) is 20.4 Å². The van der Waals surface area contributed by atoms with E-state index in [0.29, 0.717) is 11.0 Å². The summed E-state index contributed by atoms with van der Waals surface area (Å²) in [5.41, 5.74) is 3.54. The number of aromatic nitrogens is 4. The van der Waals surface area contributed by atoms with Gasteiger partial charge in [0.25, 0.3) is 5.91 Å². The summed E-state index contributed by atoms with van der Waals surface area (Å²) in [6.45, 7) is 4.03. The number of aryl methyl sites for hydroxylation is 2. The van der Waals surface area contributed by atoms with Crippen molar-refractivity contribution in [1.29, 1.82) is 0 Å². The molecule has 0 unspecified atom stereocenters. The molecule has 0 saturated carbocycles. The summed E-state index contributed by atoms with van der Waals surface area (Å²) in [6.07, 6.45) is 2.55. The van der Waals surface area contributed by atoms with Gasteiger partial charge in [0.2, 0.25) is 5.95 Å². The molecule has 0 atom stereocenters. The van der Waals surface area contributed by atoms with Crippen LogP contribution >= 0.6 is 15.9 Å². The second kappa shape index (κ2) is 6.17. The smallest absolute Gasteiger partial charge is 0.271 e. The Morgan fingerprint density at radius 1 is 1.62 bits per heavy atom. The third-order valence-corrected chi connectivity index (χ3v) is 3.90. The lowest BCUT2D eigenvalue weighted by Gasteiger charge is -1.96. The number of hydrazone groups is 1. The minimum absolute atomic E-state index is 0.202. The summed E-state index contributed by atoms with van der Waals surface area (Å²) in [6, 6.07) is 0. The van der Waals surface area contributed by atoms with Crippen molar-refractivity contribution in [2.75, 3.05) is 0 Å². The van der Waals surface area contributed by atoms with Gasteiger partial charge < -0.3 is 0 Å². The third kappa shape index (κ3) is 3.02. The molecular formula is C12H14BrFN6O. The molecule has 0 aliphatic heterocycles. The molecular weight excluding hydrogens is 343 g/mol. The van der Waals surface area contributed by atoms with E-state index in [0.717, 1.165) is 5.69 Å². The topological polar surface area (TPSA) is 77.1 Å². The predicted molar refractivity (Wildman–Crippen MR) is 78.6 cm³/mol. The van der Waals surface area contributed by atoms with Crippen molar-refractivity contribution in [3.8, 4) is 0 Å². The van der Waals surface area contributed by atoms with Crippen LogP contribution in [-0.2, 0) is 13.6 Å². The first-order valence-electron chi connectivity index (χ1n) is 6.19. The van der Waals surface area contributed by atoms with E-state index in [2.05, 4.69) is 36.7 Å². The number of hydrogen-bond acceptors (Lipinski definition) is 4. The first kappa shape index (κ1) is 15.4. The molecule has 0 radical (unpaired) electrons. The van der Waals surface area contributed by atoms with Crippen molar-refractivity contribution < 1.29 is 9.18 Å². The lowest BCUT2D eigenvalue weighted by Crippen LogP contribution is -2.19. The monoisotopic (exact) mass is 356 g/mol. The van der Waals surface area contributed by atoms with Crippen LogP contribution in [0.3, 0.4) is 0 Å². The molecule has 0 aliphatic rings. The van der Waals surface area contributed by atoms with Gasteiger partial charge in [-0.3, -0.25) is 9.48 Å². The number of halogens is 2. The maximum absolute atomic E-state index is 13.7. The van der Waals surface area contributed by atoms with E-state index in [4.69, 9.17) is 0 Å². The molecule has 1 amide bonds. The van der Waals surface area contributed by atoms with Crippen LogP contribution in [0, 0.1) is 12.9 Å². The fourth-order valence-electron chi connectivity index (χ4n) is 1.63. The summed E-state index contributed by atoms with van der Waals surface area (Å²) in [4.78, 5) is 11.9. The number of nitrogens with zero attached hydrogens (tertiary/aromatic N) is 5. The van der Waals surface area contributed by atoms with Gasteiger partial charge in [0, 0.05) is 13.6 Å². The van der Waals surface area contributed by atoms with Gasteiger partial charge in [-0.05, 0) is 29.8 Å². The zero-order valence-electron chi connectivity index (χ0n) is 11.8. The van der Waals surface area contributed by atoms with Crippen LogP contribution in [0.1, 0.15) is 28.7 Å². The lowest BCUT2D eigenvalue weighted by molar-refractivity contribution is 0.0948. The molecule has 21 heavy (non-hydrogen) atoms. The lowest BCUT2D eigenvalue weighted by atomic mass is 10.3. The van der Waals surface area contributed by atoms with Crippen LogP contribution in [0.25, 0.3) is 0 Å². The molecule has 0 fully saturated rings. The van der Waals surface area contributed by atoms with Crippen molar-refractivity contribution in [3.05, 3.63) is 33.6 Å². The molecule has 0 bridgehead atoms. The van der Waals surface area contributed by atoms with Crippen LogP contribution in [0.5, 0.6) is 0 Å². The standard InChI is InChI=1S/C12H14BrFN6O/c1-4-20-11(14)8(6-16-20)5-15-17-12(21)10-9(13)7(2)19(3)18-10/h5-6H,4H2,1-3H3,(H,17,21)/b15-5-. The van der Waals surface area contributed by atoms with Gasteiger partial charge in [0.05, 0.1) is 28.1 Å². The van der Waals surface area contributed by atoms with Gasteiger partial charge in [-0.2, -0.15) is 19.7 Å². The summed E-state index contributed by atoms with van der Waals surface area (Å²) in [5.74, 6) is -0.976. The molecule has 0 spiro atoms. The second-order valence-corrected chi connectivity index (χ2v) is 5.07. The Morgan fingerprint density at radius 2 is 2.33 bits per heavy atom. The Bertz CT molecular complexity index is 705. The maximum Gasteiger partial charge on any atom is 0.293 e. The Kier molecular flexibility index (Phi) is 4.51. The van der Waals surface area contributed by atoms with Crippen LogP contribution in [0.2, 0.25) is 0 Å². The van der Waals surface area contributed by atoms with E-state index in [-0.39, 0.29) is 11.3 Å². The highest BCUT2D eigenvalue weighted by Gasteiger charge is 2.17. The SMILES string of the molecule is CCn1ncc(/C=N\NC(=O)c2nn(C)c(C)c2Br)c1F. The third-order valence-electron chi connectivity index (χ3n) is 2.95. The van der Waals surface area contributed by atoms with E-state index in [9.17, 15) is 9.18 Å². The molecule has 0 saturated heterocycles. The van der Waals surface area contributed by atoms with E-state index >= 15 is 0 Å². The predicted octanol–water partition coefficient (Wildman–Crippen LogP) is 1.61. The van der Waals surface area contributed by atoms with Gasteiger partial charge in [0.15, 0.2) is 5.69 Å². The summed E-state index contributed by atoms with van der Waals surface area (Å²) < 4.78 is 17.0. The van der Waals surface area contributed by atoms with Crippen molar-refractivity contribution >= 4 is 28.1 Å². The van der Waals surface area contributed by atoms with E-state index in [1.54, 1.807) is 18.7 Å². The molecule has 1 N–H and O–H groups in total. The highest BCUT2D eigenvalue weighted by Crippen LogP contribution is 2.19. The molecule has 2 heterocycles. The highest BCUT2D eigenvalue weighted by molar-refractivity contribution is 9.10. The summed E-state index contributed by atoms with van der Waals surface area (Å²) >= 11 is 3.29. The number of amides is 1. The molecule has 0 aromatic carbocycles. The Balaban J connectivity index is 2.08. The number of hydrogen-bond donors (Lipinski definition) is 1. The Morgan fingerprint density at radius 3 is 2.86 bits per heavy atom. The molecule has 0 aliphatic carbocycles. The first-order chi connectivity index (χ1) is 9.95. The number of carbonyl (C=O) groups is 1. The zero-order chi connectivity index (χ0) is 15.6. The van der Waals surface area contributed by atoms with Gasteiger partial charge in [-0.15, -0.1) is 0 Å². The Hall–Kier alpha value is -2.03. The number of rotatable bonds is 4. The van der Waals surface area contributed by atoms with Crippen molar-refractivity contribution in [1.82, 2.24) is 25.0 Å². The van der Waals surface area contributed by atoms with Crippen LogP contribution in [0.15, 0.2) is 15.8 Å². The maximum atomic E-state index is 13.7. The van der Waals surface area contributed by atoms with Crippen LogP contribution in [-0.4, -0.2) is 31.7 Å². The quantitative estimate of drug-likeness (QED) is 0.667. The van der Waals surface area contributed by atoms with E-state index < -0.39 is 11.9 Å². The molecule has 2 aromatic heterocycles. The molecule has 7 nitrogen and oxygen atoms in total. The first-order valence-corrected chi connectivity index (χ1v) is 6.98. The van der Waals surface area contributed by atoms with Gasteiger partial charge >= 0.3 is 0 Å². The average Bonchev–Trinajstić information content (AvgIpc) is 2.94. The van der Waals surface area contributed by atoms with Gasteiger partial charge in [0.1, 0.15) is 0 Å². The zero-order valence-corrected chi connectivity index (χ0v) is 13.3. The Labute approximate surface area is 129 Å². The van der Waals surface area contributed by atoms with Gasteiger partial charge in [-0.1, -0.05) is 0 Å². The van der Waals surface area contributed by atoms with Crippen LogP contribution < -0.4 is 5.43 Å². The van der Waals surface area contributed by atoms with Crippen molar-refractivity contribution in [3.63, 3.8) is 0 Å². The van der Waals surface area contributed by atoms with Gasteiger partial charge in [-0.25, -0.2) is 10.1 Å². The summed E-state index contributed by atoms with van der Waals surface area (Å²) in [5, 5.41) is 11.6. The average molecular weight is 357 g/mol. The normalized spacial score (nSPS) is 11.3. The molecule has 2 rings (SSSR count). The summed E-state index contributed by atoms with van der Waals surface area (Å²) in [7, 11) is 1.73. The molecule has 9 heteroatoms. The molecule has 112 valence electrons. The second-order valence-electron chi connectivity index (χ2n) is 4.28. The van der Waals surface area contributed by atoms with E-state index in [1.165, 1.54) is 17.1 Å². The largest absolute Gasteiger partial charge is 0.293 e. The fourth-order valence-corrected chi connectivity index (χ4v) is 2.15. The van der Waals surface area contributed by atoms with E-state index in [1.807, 2.05) is 6.92 Å². The molecule has 2 aromatic rings. The number of nitrogens with one attached hydrogen (secondary N) is 1. The van der Waals surface area contributed by atoms with Crippen LogP contribution in [0.4, 0.5) is 4.39 Å². The van der Waals surface area contributed by atoms with Crippen molar-refractivity contribution in [2.24, 2.45) is 12.1 Å². The highest BCUT2D eigenvalue weighted by atomic mass is 79.9. The fraction of sp³-hybridized carbons (Fsp3) is 0.333. The minimum atomic E-state index is -0.495. The minimum Gasteiger partial charge on any atom is -0.271 e.